The molecular formula is C12H14Cl2N2O2. The van der Waals surface area contributed by atoms with Gasteiger partial charge in [-0.2, -0.15) is 0 Å². The standard InChI is InChI=1S/C12H14Cl2N2O2/c13-10-2-1-8(5-11(10)14)15-12(18)7-16-4-3-9(17)6-16/h1-2,5,9,17H,3-4,6-7H2,(H,15,18). The number of aliphatic hydroxyl groups excluding tert-OH is 1. The summed E-state index contributed by atoms with van der Waals surface area (Å²) in [6.45, 7) is 1.57. The molecule has 2 N–H and O–H groups in total. The molecule has 1 amide bonds. The fraction of sp³-hybridized carbons (Fsp3) is 0.417. The van der Waals surface area contributed by atoms with Crippen molar-refractivity contribution in [3.63, 3.8) is 0 Å². The molecule has 1 unspecified atom stereocenters. The van der Waals surface area contributed by atoms with Crippen LogP contribution >= 0.6 is 23.2 Å². The zero-order chi connectivity index (χ0) is 13.1. The first-order valence-corrected chi connectivity index (χ1v) is 6.45. The predicted octanol–water partition coefficient (Wildman–Crippen LogP) is 2.00. The first kappa shape index (κ1) is 13.6. The Bertz CT molecular complexity index is 454. The first-order valence-electron chi connectivity index (χ1n) is 5.70. The third kappa shape index (κ3) is 3.59. The van der Waals surface area contributed by atoms with Crippen LogP contribution in [-0.2, 0) is 4.79 Å². The Labute approximate surface area is 115 Å². The van der Waals surface area contributed by atoms with E-state index in [2.05, 4.69) is 5.32 Å². The fourth-order valence-corrected chi connectivity index (χ4v) is 2.23. The Morgan fingerprint density at radius 1 is 1.44 bits per heavy atom. The number of anilines is 1. The van der Waals surface area contributed by atoms with Gasteiger partial charge in [0.25, 0.3) is 0 Å². The van der Waals surface area contributed by atoms with Gasteiger partial charge in [-0.3, -0.25) is 9.69 Å². The summed E-state index contributed by atoms with van der Waals surface area (Å²) in [4.78, 5) is 13.7. The Kier molecular flexibility index (Phi) is 4.45. The molecule has 1 atom stereocenters. The number of rotatable bonds is 3. The van der Waals surface area contributed by atoms with Crippen molar-refractivity contribution in [3.8, 4) is 0 Å². The molecule has 1 aromatic carbocycles. The minimum absolute atomic E-state index is 0.123. The van der Waals surface area contributed by atoms with Crippen LogP contribution in [0.2, 0.25) is 10.0 Å². The van der Waals surface area contributed by atoms with E-state index in [0.717, 1.165) is 13.0 Å². The molecule has 0 spiro atoms. The fourth-order valence-electron chi connectivity index (χ4n) is 1.93. The van der Waals surface area contributed by atoms with E-state index >= 15 is 0 Å². The molecule has 1 heterocycles. The summed E-state index contributed by atoms with van der Waals surface area (Å²) < 4.78 is 0. The number of halogens is 2. The monoisotopic (exact) mass is 288 g/mol. The lowest BCUT2D eigenvalue weighted by molar-refractivity contribution is -0.117. The Morgan fingerprint density at radius 2 is 2.22 bits per heavy atom. The van der Waals surface area contributed by atoms with Gasteiger partial charge in [-0.05, 0) is 24.6 Å². The van der Waals surface area contributed by atoms with Gasteiger partial charge in [0.05, 0.1) is 22.7 Å². The van der Waals surface area contributed by atoms with Crippen molar-refractivity contribution in [2.45, 2.75) is 12.5 Å². The topological polar surface area (TPSA) is 52.6 Å². The number of amides is 1. The lowest BCUT2D eigenvalue weighted by atomic mass is 10.3. The number of benzene rings is 1. The van der Waals surface area contributed by atoms with Gasteiger partial charge in [0.2, 0.25) is 5.91 Å². The molecule has 18 heavy (non-hydrogen) atoms. The van der Waals surface area contributed by atoms with Crippen LogP contribution in [0.5, 0.6) is 0 Å². The molecular weight excluding hydrogens is 275 g/mol. The quantitative estimate of drug-likeness (QED) is 0.895. The molecule has 1 saturated heterocycles. The lowest BCUT2D eigenvalue weighted by Crippen LogP contribution is -2.32. The zero-order valence-electron chi connectivity index (χ0n) is 9.70. The lowest BCUT2D eigenvalue weighted by Gasteiger charge is -2.14. The first-order chi connectivity index (χ1) is 8.54. The van der Waals surface area contributed by atoms with Crippen LogP contribution < -0.4 is 5.32 Å². The average Bonchev–Trinajstić information content (AvgIpc) is 2.69. The summed E-state index contributed by atoms with van der Waals surface area (Å²) in [6, 6.07) is 4.95. The maximum absolute atomic E-state index is 11.8. The third-order valence-corrected chi connectivity index (χ3v) is 3.56. The highest BCUT2D eigenvalue weighted by Crippen LogP contribution is 2.25. The van der Waals surface area contributed by atoms with Crippen LogP contribution in [-0.4, -0.2) is 41.7 Å². The Morgan fingerprint density at radius 3 is 2.83 bits per heavy atom. The van der Waals surface area contributed by atoms with Crippen LogP contribution in [0.3, 0.4) is 0 Å². The predicted molar refractivity (Wildman–Crippen MR) is 72.2 cm³/mol. The summed E-state index contributed by atoms with van der Waals surface area (Å²) in [6.07, 6.45) is 0.405. The number of hydrogen-bond donors (Lipinski definition) is 2. The second-order valence-electron chi connectivity index (χ2n) is 4.35. The van der Waals surface area contributed by atoms with Gasteiger partial charge in [0.15, 0.2) is 0 Å². The molecule has 4 nitrogen and oxygen atoms in total. The van der Waals surface area contributed by atoms with Gasteiger partial charge >= 0.3 is 0 Å². The van der Waals surface area contributed by atoms with Gasteiger partial charge in [-0.25, -0.2) is 0 Å². The molecule has 6 heteroatoms. The van der Waals surface area contributed by atoms with Gasteiger partial charge in [-0.15, -0.1) is 0 Å². The van der Waals surface area contributed by atoms with Crippen LogP contribution in [0.25, 0.3) is 0 Å². The number of β-amino-alcohol motifs (C(OH)–C–C–N with tert-alkyl or cyclic N) is 1. The molecule has 1 aliphatic rings. The van der Waals surface area contributed by atoms with Crippen molar-refractivity contribution in [2.24, 2.45) is 0 Å². The number of carbonyl (C=O) groups excluding carboxylic acids is 1. The van der Waals surface area contributed by atoms with Gasteiger partial charge in [0, 0.05) is 18.8 Å². The van der Waals surface area contributed by atoms with Crippen molar-refractivity contribution >= 4 is 34.8 Å². The average molecular weight is 289 g/mol. The molecule has 1 aromatic rings. The van der Waals surface area contributed by atoms with E-state index in [0.29, 0.717) is 22.3 Å². The maximum Gasteiger partial charge on any atom is 0.238 e. The van der Waals surface area contributed by atoms with Crippen LogP contribution in [0.4, 0.5) is 5.69 Å². The maximum atomic E-state index is 11.8. The van der Waals surface area contributed by atoms with E-state index in [9.17, 15) is 9.90 Å². The van der Waals surface area contributed by atoms with E-state index in [1.165, 1.54) is 0 Å². The normalized spacial score (nSPS) is 20.1. The van der Waals surface area contributed by atoms with Crippen molar-refractivity contribution < 1.29 is 9.90 Å². The summed E-state index contributed by atoms with van der Waals surface area (Å²) in [7, 11) is 0. The van der Waals surface area contributed by atoms with E-state index in [1.807, 2.05) is 4.90 Å². The van der Waals surface area contributed by atoms with E-state index in [1.54, 1.807) is 18.2 Å². The largest absolute Gasteiger partial charge is 0.392 e. The number of nitrogens with zero attached hydrogens (tertiary/aromatic N) is 1. The van der Waals surface area contributed by atoms with Crippen LogP contribution in [0.15, 0.2) is 18.2 Å². The second kappa shape index (κ2) is 5.89. The highest BCUT2D eigenvalue weighted by atomic mass is 35.5. The van der Waals surface area contributed by atoms with Gasteiger partial charge < -0.3 is 10.4 Å². The number of carbonyl (C=O) groups is 1. The molecule has 2 rings (SSSR count). The van der Waals surface area contributed by atoms with Crippen molar-refractivity contribution in [3.05, 3.63) is 28.2 Å². The molecule has 1 aliphatic heterocycles. The number of nitrogens with one attached hydrogen (secondary N) is 1. The number of aliphatic hydroxyl groups is 1. The SMILES string of the molecule is O=C(CN1CCC(O)C1)Nc1ccc(Cl)c(Cl)c1. The Hall–Kier alpha value is -0.810. The molecule has 0 saturated carbocycles. The summed E-state index contributed by atoms with van der Waals surface area (Å²) in [5, 5.41) is 13.0. The molecule has 1 fully saturated rings. The van der Waals surface area contributed by atoms with Gasteiger partial charge in [-0.1, -0.05) is 23.2 Å². The van der Waals surface area contributed by atoms with Crippen LogP contribution in [0, 0.1) is 0 Å². The van der Waals surface area contributed by atoms with E-state index < -0.39 is 0 Å². The molecule has 0 aromatic heterocycles. The molecule has 0 aliphatic carbocycles. The summed E-state index contributed by atoms with van der Waals surface area (Å²) in [5.41, 5.74) is 0.620. The van der Waals surface area contributed by atoms with Crippen molar-refractivity contribution in [1.29, 1.82) is 0 Å². The highest BCUT2D eigenvalue weighted by Gasteiger charge is 2.21. The minimum Gasteiger partial charge on any atom is -0.392 e. The van der Waals surface area contributed by atoms with E-state index in [4.69, 9.17) is 23.2 Å². The van der Waals surface area contributed by atoms with Gasteiger partial charge in [0.1, 0.15) is 0 Å². The smallest absolute Gasteiger partial charge is 0.238 e. The number of likely N-dealkylation sites (tertiary alicyclic amines) is 1. The third-order valence-electron chi connectivity index (χ3n) is 2.82. The number of hydrogen-bond acceptors (Lipinski definition) is 3. The highest BCUT2D eigenvalue weighted by molar-refractivity contribution is 6.42. The molecule has 0 bridgehead atoms. The summed E-state index contributed by atoms with van der Waals surface area (Å²) >= 11 is 11.7. The van der Waals surface area contributed by atoms with E-state index in [-0.39, 0.29) is 18.6 Å². The minimum atomic E-state index is -0.317. The van der Waals surface area contributed by atoms with Crippen molar-refractivity contribution in [1.82, 2.24) is 4.90 Å². The molecule has 98 valence electrons. The zero-order valence-corrected chi connectivity index (χ0v) is 11.2. The van der Waals surface area contributed by atoms with Crippen LogP contribution in [0.1, 0.15) is 6.42 Å². The Balaban J connectivity index is 1.89. The second-order valence-corrected chi connectivity index (χ2v) is 5.17. The summed E-state index contributed by atoms with van der Waals surface area (Å²) in [5.74, 6) is -0.123. The molecule has 0 radical (unpaired) electrons. The van der Waals surface area contributed by atoms with Crippen molar-refractivity contribution in [2.75, 3.05) is 25.0 Å².